The second kappa shape index (κ2) is 27.9. The number of alkyl carbamates (subject to hydrolysis) is 2. The Kier molecular flexibility index (Phi) is 24.1. The highest BCUT2D eigenvalue weighted by Gasteiger charge is 2.18. The second-order valence-corrected chi connectivity index (χ2v) is 12.4. The van der Waals surface area contributed by atoms with Crippen LogP contribution in [-0.2, 0) is 32.2 Å². The first-order valence-corrected chi connectivity index (χ1v) is 19.6. The van der Waals surface area contributed by atoms with Gasteiger partial charge in [0, 0.05) is 13.1 Å². The van der Waals surface area contributed by atoms with E-state index in [0.29, 0.717) is 37.8 Å². The summed E-state index contributed by atoms with van der Waals surface area (Å²) < 4.78 is 9.09. The van der Waals surface area contributed by atoms with E-state index in [1.165, 1.54) is 27.1 Å². The molecule has 308 valence electrons. The summed E-state index contributed by atoms with van der Waals surface area (Å²) in [4.78, 5) is 66.8. The van der Waals surface area contributed by atoms with Crippen LogP contribution in [0.2, 0.25) is 0 Å². The zero-order valence-electron chi connectivity index (χ0n) is 35.1. The number of H-pyrrole nitrogens is 2. The summed E-state index contributed by atoms with van der Waals surface area (Å²) in [5.74, 6) is 0.847. The van der Waals surface area contributed by atoms with Crippen LogP contribution in [0.1, 0.15) is 92.7 Å². The Bertz CT molecular complexity index is 1580. The number of hydrogen-bond donors (Lipinski definition) is 4. The predicted molar refractivity (Wildman–Crippen MR) is 223 cm³/mol. The number of carbonyl (C=O) groups is 4. The van der Waals surface area contributed by atoms with Gasteiger partial charge in [0.1, 0.15) is 24.7 Å². The largest absolute Gasteiger partial charge is 0.453 e. The maximum absolute atomic E-state index is 12.6. The molecule has 14 heteroatoms. The van der Waals surface area contributed by atoms with Gasteiger partial charge in [0.15, 0.2) is 0 Å². The summed E-state index contributed by atoms with van der Waals surface area (Å²) in [5.41, 5.74) is 5.66. The molecule has 0 saturated carbocycles. The number of carbonyl (C=O) groups excluding carboxylic acids is 4. The van der Waals surface area contributed by atoms with Crippen molar-refractivity contribution in [3.8, 4) is 33.6 Å². The molecule has 0 spiro atoms. The average molecular weight is 777 g/mol. The molecule has 2 heterocycles. The number of hydrogen-bond acceptors (Lipinski definition) is 8. The van der Waals surface area contributed by atoms with Crippen molar-refractivity contribution in [1.29, 1.82) is 0 Å². The fourth-order valence-electron chi connectivity index (χ4n) is 5.01. The van der Waals surface area contributed by atoms with Crippen LogP contribution in [0, 0.1) is 0 Å². The summed E-state index contributed by atoms with van der Waals surface area (Å²) in [6.07, 6.45) is 6.22. The van der Waals surface area contributed by atoms with Crippen LogP contribution >= 0.6 is 0 Å². The fourth-order valence-corrected chi connectivity index (χ4v) is 5.01. The Morgan fingerprint density at radius 2 is 0.875 bits per heavy atom. The van der Waals surface area contributed by atoms with Crippen LogP contribution in [0.5, 0.6) is 0 Å². The quantitative estimate of drug-likeness (QED) is 0.0935. The molecule has 0 aliphatic heterocycles. The molecule has 4 amide bonds. The van der Waals surface area contributed by atoms with Crippen molar-refractivity contribution in [2.24, 2.45) is 0 Å². The molecule has 2 aromatic heterocycles. The number of rotatable bonds is 15. The lowest BCUT2D eigenvalue weighted by molar-refractivity contribution is -0.131. The van der Waals surface area contributed by atoms with E-state index >= 15 is 0 Å². The lowest BCUT2D eigenvalue weighted by Crippen LogP contribution is -2.40. The molecule has 0 fully saturated rings. The van der Waals surface area contributed by atoms with E-state index in [1.807, 2.05) is 76.2 Å². The summed E-state index contributed by atoms with van der Waals surface area (Å²) >= 11 is 0. The minimum absolute atomic E-state index is 0.148. The standard InChI is InChI=1S/C34H42N8O6.2C3H8.C2H6/c1-5-15-41(31(43)19-37-33(45)47-3)21-29-35-17-27(39-29)25-11-7-23(8-12-25)24-9-13-26(14-10-24)28-18-36-30(40-28)22-42(16-6-2)32(44)20-38-34(46)48-4;2*1-3-2;1-2/h7-14,17-18H,5-6,15-16,19-22H2,1-4H3,(H,35,39)(H,36,40)(H,37,45)(H,38,46);2*3H2,1-2H3;1-2H3. The van der Waals surface area contributed by atoms with E-state index in [1.54, 1.807) is 22.2 Å². The molecular weight excluding hydrogens is 713 g/mol. The summed E-state index contributed by atoms with van der Waals surface area (Å²) in [5, 5.41) is 4.86. The normalized spacial score (nSPS) is 9.89. The number of ether oxygens (including phenoxy) is 2. The van der Waals surface area contributed by atoms with Crippen molar-refractivity contribution in [3.05, 3.63) is 72.6 Å². The Balaban J connectivity index is 0.00000181. The number of nitrogens with one attached hydrogen (secondary N) is 4. The third-order valence-corrected chi connectivity index (χ3v) is 7.49. The molecule has 0 radical (unpaired) electrons. The molecule has 56 heavy (non-hydrogen) atoms. The Morgan fingerprint density at radius 3 is 1.16 bits per heavy atom. The van der Waals surface area contributed by atoms with Crippen molar-refractivity contribution in [1.82, 2.24) is 40.4 Å². The maximum atomic E-state index is 12.6. The molecule has 0 atom stereocenters. The number of nitrogens with zero attached hydrogens (tertiary/aromatic N) is 4. The zero-order chi connectivity index (χ0) is 41.9. The van der Waals surface area contributed by atoms with Gasteiger partial charge in [0.25, 0.3) is 0 Å². The van der Waals surface area contributed by atoms with E-state index in [4.69, 9.17) is 0 Å². The molecule has 4 N–H and O–H groups in total. The minimum atomic E-state index is -0.652. The fraction of sp³-hybridized carbons (Fsp3) is 0.476. The second-order valence-electron chi connectivity index (χ2n) is 12.4. The average Bonchev–Trinajstić information content (AvgIpc) is 3.90. The van der Waals surface area contributed by atoms with E-state index in [-0.39, 0.29) is 24.9 Å². The topological polar surface area (TPSA) is 175 Å². The highest BCUT2D eigenvalue weighted by Crippen LogP contribution is 2.27. The highest BCUT2D eigenvalue weighted by atomic mass is 16.5. The molecule has 4 rings (SSSR count). The SMILES string of the molecule is CC.CCC.CCC.CCCN(Cc1ncc(-c2ccc(-c3ccc(-c4cnc(CN(CCC)C(=O)CNC(=O)OC)[nH]4)cc3)cc2)[nH]1)C(=O)CNC(=O)OC. The number of benzene rings is 2. The number of amides is 4. The van der Waals surface area contributed by atoms with Crippen molar-refractivity contribution in [2.75, 3.05) is 40.4 Å². The van der Waals surface area contributed by atoms with Gasteiger partial charge in [-0.05, 0) is 35.1 Å². The van der Waals surface area contributed by atoms with Gasteiger partial charge in [-0.25, -0.2) is 19.6 Å². The first-order valence-electron chi connectivity index (χ1n) is 19.6. The number of aromatic amines is 2. The summed E-state index contributed by atoms with van der Waals surface area (Å²) in [7, 11) is 2.50. The van der Waals surface area contributed by atoms with Gasteiger partial charge in [-0.1, -0.05) is 117 Å². The van der Waals surface area contributed by atoms with E-state index < -0.39 is 12.2 Å². The molecule has 0 saturated heterocycles. The van der Waals surface area contributed by atoms with Crippen LogP contribution in [-0.4, -0.2) is 94.1 Å². The zero-order valence-corrected chi connectivity index (χ0v) is 35.1. The monoisotopic (exact) mass is 776 g/mol. The molecule has 0 bridgehead atoms. The first-order chi connectivity index (χ1) is 27.1. The minimum Gasteiger partial charge on any atom is -0.453 e. The van der Waals surface area contributed by atoms with Gasteiger partial charge in [-0.15, -0.1) is 0 Å². The van der Waals surface area contributed by atoms with Crippen molar-refractivity contribution >= 4 is 24.0 Å². The van der Waals surface area contributed by atoms with Gasteiger partial charge in [-0.3, -0.25) is 9.59 Å². The van der Waals surface area contributed by atoms with Crippen LogP contribution in [0.3, 0.4) is 0 Å². The predicted octanol–water partition coefficient (Wildman–Crippen LogP) is 8.18. The van der Waals surface area contributed by atoms with E-state index in [0.717, 1.165) is 46.5 Å². The molecule has 0 aliphatic carbocycles. The Morgan fingerprint density at radius 1 is 0.571 bits per heavy atom. The third kappa shape index (κ3) is 16.8. The van der Waals surface area contributed by atoms with Gasteiger partial charge in [-0.2, -0.15) is 0 Å². The molecular formula is C42H64N8O6. The Hall–Kier alpha value is -5.66. The highest BCUT2D eigenvalue weighted by molar-refractivity contribution is 5.83. The molecule has 2 aromatic carbocycles. The van der Waals surface area contributed by atoms with E-state index in [9.17, 15) is 19.2 Å². The first kappa shape index (κ1) is 48.4. The van der Waals surface area contributed by atoms with Crippen LogP contribution in [0.25, 0.3) is 33.6 Å². The lowest BCUT2D eigenvalue weighted by Gasteiger charge is -2.21. The Labute approximate surface area is 333 Å². The van der Waals surface area contributed by atoms with Crippen LogP contribution in [0.15, 0.2) is 60.9 Å². The maximum Gasteiger partial charge on any atom is 0.407 e. The third-order valence-electron chi connectivity index (χ3n) is 7.49. The van der Waals surface area contributed by atoms with Gasteiger partial charge >= 0.3 is 12.2 Å². The van der Waals surface area contributed by atoms with E-state index in [2.05, 4.69) is 67.7 Å². The van der Waals surface area contributed by atoms with Crippen LogP contribution < -0.4 is 10.6 Å². The molecule has 0 aliphatic rings. The summed E-state index contributed by atoms with van der Waals surface area (Å²) in [6, 6.07) is 16.2. The van der Waals surface area contributed by atoms with Gasteiger partial charge < -0.3 is 39.9 Å². The van der Waals surface area contributed by atoms with Gasteiger partial charge in [0.2, 0.25) is 11.8 Å². The van der Waals surface area contributed by atoms with Gasteiger partial charge in [0.05, 0.1) is 51.1 Å². The van der Waals surface area contributed by atoms with Crippen molar-refractivity contribution < 1.29 is 28.7 Å². The molecule has 4 aromatic rings. The smallest absolute Gasteiger partial charge is 0.407 e. The number of imidazole rings is 2. The molecule has 14 nitrogen and oxygen atoms in total. The van der Waals surface area contributed by atoms with Crippen molar-refractivity contribution in [3.63, 3.8) is 0 Å². The van der Waals surface area contributed by atoms with Crippen LogP contribution in [0.4, 0.5) is 9.59 Å². The molecule has 0 unspecified atom stereocenters. The number of methoxy groups -OCH3 is 2. The summed E-state index contributed by atoms with van der Waals surface area (Å²) in [6.45, 7) is 17.8. The van der Waals surface area contributed by atoms with Crippen molar-refractivity contribution in [2.45, 2.75) is 94.2 Å². The number of aromatic nitrogens is 4. The lowest BCUT2D eigenvalue weighted by atomic mass is 10.0.